The Balaban J connectivity index is 2.17. The summed E-state index contributed by atoms with van der Waals surface area (Å²) < 4.78 is 26.5. The van der Waals surface area contributed by atoms with Gasteiger partial charge in [-0.3, -0.25) is 10.1 Å². The molecule has 0 spiro atoms. The van der Waals surface area contributed by atoms with Crippen molar-refractivity contribution in [3.63, 3.8) is 0 Å². The van der Waals surface area contributed by atoms with Gasteiger partial charge in [-0.2, -0.15) is 0 Å². The molecule has 0 fully saturated rings. The topological polar surface area (TPSA) is 55.1 Å². The number of benzene rings is 1. The third kappa shape index (κ3) is 3.36. The molecule has 19 heavy (non-hydrogen) atoms. The summed E-state index contributed by atoms with van der Waals surface area (Å²) in [7, 11) is 0. The molecule has 0 radical (unpaired) electrons. The van der Waals surface area contributed by atoms with Gasteiger partial charge in [-0.25, -0.2) is 8.78 Å². The third-order valence-corrected chi connectivity index (χ3v) is 3.49. The van der Waals surface area contributed by atoms with Gasteiger partial charge in [-0.1, -0.05) is 12.1 Å². The SMILES string of the molecule is NC(=O)C(NCc1cccs1)c1ccc(F)cc1F. The van der Waals surface area contributed by atoms with E-state index >= 15 is 0 Å². The second-order valence-electron chi connectivity index (χ2n) is 3.96. The molecule has 1 unspecified atom stereocenters. The first-order valence-corrected chi connectivity index (χ1v) is 6.46. The number of carbonyl (C=O) groups excluding carboxylic acids is 1. The van der Waals surface area contributed by atoms with Crippen LogP contribution in [0.4, 0.5) is 8.78 Å². The quantitative estimate of drug-likeness (QED) is 0.884. The lowest BCUT2D eigenvalue weighted by atomic mass is 10.1. The standard InChI is InChI=1S/C13H12F2N2OS/c14-8-3-4-10(11(15)6-8)12(13(16)18)17-7-9-2-1-5-19-9/h1-6,12,17H,7H2,(H2,16,18). The van der Waals surface area contributed by atoms with Crippen molar-refractivity contribution in [2.45, 2.75) is 12.6 Å². The van der Waals surface area contributed by atoms with Crippen LogP contribution < -0.4 is 11.1 Å². The van der Waals surface area contributed by atoms with Gasteiger partial charge in [0.1, 0.15) is 17.7 Å². The highest BCUT2D eigenvalue weighted by atomic mass is 32.1. The number of halogens is 2. The highest BCUT2D eigenvalue weighted by Crippen LogP contribution is 2.19. The molecule has 0 aliphatic carbocycles. The lowest BCUT2D eigenvalue weighted by Crippen LogP contribution is -2.33. The maximum atomic E-state index is 13.6. The number of primary amides is 1. The Morgan fingerprint density at radius 2 is 2.16 bits per heavy atom. The van der Waals surface area contributed by atoms with Gasteiger partial charge < -0.3 is 5.73 Å². The fraction of sp³-hybridized carbons (Fsp3) is 0.154. The number of rotatable bonds is 5. The van der Waals surface area contributed by atoms with E-state index in [9.17, 15) is 13.6 Å². The second-order valence-corrected chi connectivity index (χ2v) is 4.99. The number of nitrogens with one attached hydrogen (secondary N) is 1. The minimum absolute atomic E-state index is 0.0467. The summed E-state index contributed by atoms with van der Waals surface area (Å²) in [6.07, 6.45) is 0. The summed E-state index contributed by atoms with van der Waals surface area (Å²) in [5, 5.41) is 4.77. The maximum Gasteiger partial charge on any atom is 0.239 e. The first-order chi connectivity index (χ1) is 9.08. The van der Waals surface area contributed by atoms with Crippen LogP contribution in [0.15, 0.2) is 35.7 Å². The zero-order chi connectivity index (χ0) is 13.8. The number of carbonyl (C=O) groups is 1. The molecule has 1 aromatic heterocycles. The van der Waals surface area contributed by atoms with Crippen molar-refractivity contribution in [1.82, 2.24) is 5.32 Å². The van der Waals surface area contributed by atoms with E-state index in [1.807, 2.05) is 17.5 Å². The molecule has 1 amide bonds. The molecule has 0 aliphatic heterocycles. The molecule has 100 valence electrons. The molecule has 2 rings (SSSR count). The Morgan fingerprint density at radius 3 is 2.74 bits per heavy atom. The first kappa shape index (κ1) is 13.6. The molecular weight excluding hydrogens is 270 g/mol. The largest absolute Gasteiger partial charge is 0.368 e. The molecule has 3 N–H and O–H groups in total. The number of nitrogens with two attached hydrogens (primary N) is 1. The third-order valence-electron chi connectivity index (χ3n) is 2.62. The van der Waals surface area contributed by atoms with Crippen molar-refractivity contribution >= 4 is 17.2 Å². The van der Waals surface area contributed by atoms with E-state index in [4.69, 9.17) is 5.73 Å². The Kier molecular flexibility index (Phi) is 4.24. The van der Waals surface area contributed by atoms with Gasteiger partial charge >= 0.3 is 0 Å². The average molecular weight is 282 g/mol. The van der Waals surface area contributed by atoms with E-state index in [0.717, 1.165) is 17.0 Å². The highest BCUT2D eigenvalue weighted by Gasteiger charge is 2.21. The fourth-order valence-electron chi connectivity index (χ4n) is 1.72. The van der Waals surface area contributed by atoms with Gasteiger partial charge in [0.25, 0.3) is 0 Å². The van der Waals surface area contributed by atoms with E-state index in [0.29, 0.717) is 6.54 Å². The molecule has 0 bridgehead atoms. The van der Waals surface area contributed by atoms with Crippen LogP contribution in [-0.2, 0) is 11.3 Å². The summed E-state index contributed by atoms with van der Waals surface area (Å²) in [6.45, 7) is 0.391. The van der Waals surface area contributed by atoms with Gasteiger partial charge in [0.05, 0.1) is 0 Å². The van der Waals surface area contributed by atoms with E-state index in [1.54, 1.807) is 0 Å². The van der Waals surface area contributed by atoms with Crippen LogP contribution in [0.5, 0.6) is 0 Å². The van der Waals surface area contributed by atoms with Crippen molar-refractivity contribution in [3.8, 4) is 0 Å². The Labute approximate surface area is 113 Å². The van der Waals surface area contributed by atoms with Crippen molar-refractivity contribution in [2.75, 3.05) is 0 Å². The maximum absolute atomic E-state index is 13.6. The van der Waals surface area contributed by atoms with Gasteiger partial charge in [0, 0.05) is 23.1 Å². The molecule has 6 heteroatoms. The normalized spacial score (nSPS) is 12.3. The van der Waals surface area contributed by atoms with Crippen molar-refractivity contribution < 1.29 is 13.6 Å². The van der Waals surface area contributed by atoms with Crippen LogP contribution in [0.1, 0.15) is 16.5 Å². The number of hydrogen-bond acceptors (Lipinski definition) is 3. The van der Waals surface area contributed by atoms with Gasteiger partial charge in [-0.15, -0.1) is 11.3 Å². The van der Waals surface area contributed by atoms with Crippen molar-refractivity contribution in [1.29, 1.82) is 0 Å². The lowest BCUT2D eigenvalue weighted by Gasteiger charge is -2.16. The monoisotopic (exact) mass is 282 g/mol. The van der Waals surface area contributed by atoms with E-state index in [1.165, 1.54) is 17.4 Å². The average Bonchev–Trinajstić information content (AvgIpc) is 2.84. The Hall–Kier alpha value is -1.79. The van der Waals surface area contributed by atoms with Crippen molar-refractivity contribution in [3.05, 3.63) is 57.8 Å². The predicted octanol–water partition coefficient (Wildman–Crippen LogP) is 2.34. The zero-order valence-corrected chi connectivity index (χ0v) is 10.7. The molecule has 1 heterocycles. The summed E-state index contributed by atoms with van der Waals surface area (Å²) in [4.78, 5) is 12.4. The Morgan fingerprint density at radius 1 is 1.37 bits per heavy atom. The Bertz CT molecular complexity index is 572. The van der Waals surface area contributed by atoms with E-state index in [2.05, 4.69) is 5.32 Å². The molecule has 2 aromatic rings. The van der Waals surface area contributed by atoms with E-state index < -0.39 is 23.6 Å². The van der Waals surface area contributed by atoms with Crippen LogP contribution in [0.3, 0.4) is 0 Å². The van der Waals surface area contributed by atoms with Gasteiger partial charge in [0.2, 0.25) is 5.91 Å². The predicted molar refractivity (Wildman–Crippen MR) is 69.5 cm³/mol. The van der Waals surface area contributed by atoms with Crippen LogP contribution in [-0.4, -0.2) is 5.91 Å². The molecule has 1 aromatic carbocycles. The van der Waals surface area contributed by atoms with Crippen LogP contribution in [0, 0.1) is 11.6 Å². The number of amides is 1. The number of hydrogen-bond donors (Lipinski definition) is 2. The molecule has 1 atom stereocenters. The highest BCUT2D eigenvalue weighted by molar-refractivity contribution is 7.09. The minimum atomic E-state index is -0.984. The van der Waals surface area contributed by atoms with E-state index in [-0.39, 0.29) is 5.56 Å². The minimum Gasteiger partial charge on any atom is -0.368 e. The van der Waals surface area contributed by atoms with Gasteiger partial charge in [0.15, 0.2) is 0 Å². The smallest absolute Gasteiger partial charge is 0.239 e. The lowest BCUT2D eigenvalue weighted by molar-refractivity contribution is -0.120. The molecule has 3 nitrogen and oxygen atoms in total. The zero-order valence-electron chi connectivity index (χ0n) is 9.90. The van der Waals surface area contributed by atoms with Crippen molar-refractivity contribution in [2.24, 2.45) is 5.73 Å². The molecule has 0 aliphatic rings. The summed E-state index contributed by atoms with van der Waals surface area (Å²) >= 11 is 1.51. The summed E-state index contributed by atoms with van der Waals surface area (Å²) in [5.41, 5.74) is 5.30. The molecular formula is C13H12F2N2OS. The second kappa shape index (κ2) is 5.90. The molecule has 0 saturated heterocycles. The number of thiophene rings is 1. The summed E-state index contributed by atoms with van der Waals surface area (Å²) in [6, 6.07) is 5.83. The fourth-order valence-corrected chi connectivity index (χ4v) is 2.37. The van der Waals surface area contributed by atoms with Gasteiger partial charge in [-0.05, 0) is 17.5 Å². The van der Waals surface area contributed by atoms with Crippen LogP contribution >= 0.6 is 11.3 Å². The van der Waals surface area contributed by atoms with Crippen LogP contribution in [0.2, 0.25) is 0 Å². The first-order valence-electron chi connectivity index (χ1n) is 5.58. The summed E-state index contributed by atoms with van der Waals surface area (Å²) in [5.74, 6) is -2.19. The molecule has 0 saturated carbocycles. The van der Waals surface area contributed by atoms with Crippen LogP contribution in [0.25, 0.3) is 0 Å².